The molecular formula is C24H21ClFNO3S. The molecule has 31 heavy (non-hydrogen) atoms. The van der Waals surface area contributed by atoms with Gasteiger partial charge in [0.2, 0.25) is 0 Å². The van der Waals surface area contributed by atoms with Crippen LogP contribution in [0.4, 0.5) is 4.39 Å². The van der Waals surface area contributed by atoms with Crippen molar-refractivity contribution >= 4 is 35.4 Å². The van der Waals surface area contributed by atoms with Gasteiger partial charge in [0.25, 0.3) is 0 Å². The molecule has 0 aliphatic rings. The SMILES string of the molecule is Cc1cccc(Cl)c1SCc1ccnc(C=CC(=O)O)c1OCCc1ccc(F)cc1. The van der Waals surface area contributed by atoms with Crippen LogP contribution in [0.15, 0.2) is 65.7 Å². The van der Waals surface area contributed by atoms with Crippen LogP contribution in [0.3, 0.4) is 0 Å². The van der Waals surface area contributed by atoms with E-state index in [9.17, 15) is 9.18 Å². The van der Waals surface area contributed by atoms with E-state index in [1.807, 2.05) is 31.2 Å². The number of pyridine rings is 1. The average Bonchev–Trinajstić information content (AvgIpc) is 2.74. The number of carbonyl (C=O) groups is 1. The van der Waals surface area contributed by atoms with Gasteiger partial charge in [-0.2, -0.15) is 0 Å². The second-order valence-corrected chi connectivity index (χ2v) is 8.15. The number of aromatic nitrogens is 1. The van der Waals surface area contributed by atoms with E-state index in [-0.39, 0.29) is 5.82 Å². The number of thioether (sulfide) groups is 1. The number of hydrogen-bond acceptors (Lipinski definition) is 4. The van der Waals surface area contributed by atoms with Crippen molar-refractivity contribution in [3.05, 3.63) is 94.0 Å². The Morgan fingerprint density at radius 1 is 1.23 bits per heavy atom. The smallest absolute Gasteiger partial charge is 0.328 e. The molecule has 0 atom stereocenters. The van der Waals surface area contributed by atoms with Gasteiger partial charge in [-0.15, -0.1) is 11.8 Å². The Morgan fingerprint density at radius 3 is 2.71 bits per heavy atom. The van der Waals surface area contributed by atoms with Crippen LogP contribution in [0.5, 0.6) is 5.75 Å². The minimum atomic E-state index is -1.06. The van der Waals surface area contributed by atoms with Crippen LogP contribution in [0.25, 0.3) is 6.08 Å². The Hall–Kier alpha value is -2.83. The Bertz CT molecular complexity index is 1070. The summed E-state index contributed by atoms with van der Waals surface area (Å²) in [7, 11) is 0. The molecule has 0 unspecified atom stereocenters. The normalized spacial score (nSPS) is 11.1. The van der Waals surface area contributed by atoms with E-state index >= 15 is 0 Å². The lowest BCUT2D eigenvalue weighted by Gasteiger charge is -2.15. The predicted octanol–water partition coefficient (Wildman–Crippen LogP) is 6.19. The third-order valence-corrected chi connectivity index (χ3v) is 6.20. The summed E-state index contributed by atoms with van der Waals surface area (Å²) in [5.41, 5.74) is 3.34. The molecule has 3 rings (SSSR count). The quantitative estimate of drug-likeness (QED) is 0.306. The van der Waals surface area contributed by atoms with Crippen LogP contribution in [0.1, 0.15) is 22.4 Å². The fraction of sp³-hybridized carbons (Fsp3) is 0.167. The molecule has 1 heterocycles. The second-order valence-electron chi connectivity index (χ2n) is 6.76. The molecular weight excluding hydrogens is 437 g/mol. The Kier molecular flexibility index (Phi) is 8.09. The Morgan fingerprint density at radius 2 is 2.00 bits per heavy atom. The Balaban J connectivity index is 1.81. The number of carboxylic acids is 1. The zero-order valence-electron chi connectivity index (χ0n) is 16.8. The highest BCUT2D eigenvalue weighted by Crippen LogP contribution is 2.35. The molecule has 0 bridgehead atoms. The molecule has 4 nitrogen and oxygen atoms in total. The van der Waals surface area contributed by atoms with Gasteiger partial charge in [0, 0.05) is 34.9 Å². The maximum atomic E-state index is 13.1. The van der Waals surface area contributed by atoms with E-state index in [1.54, 1.807) is 30.1 Å². The fourth-order valence-electron chi connectivity index (χ4n) is 2.93. The standard InChI is InChI=1S/C24H21ClFNO3S/c1-16-3-2-4-20(25)24(16)31-15-18-11-13-27-21(9-10-22(28)29)23(18)30-14-12-17-5-7-19(26)8-6-17/h2-11,13H,12,14-15H2,1H3,(H,28,29). The molecule has 0 radical (unpaired) electrons. The number of rotatable bonds is 9. The molecule has 3 aromatic rings. The molecule has 160 valence electrons. The summed E-state index contributed by atoms with van der Waals surface area (Å²) < 4.78 is 19.1. The van der Waals surface area contributed by atoms with Gasteiger partial charge in [-0.05, 0) is 48.4 Å². The number of aryl methyl sites for hydroxylation is 1. The predicted molar refractivity (Wildman–Crippen MR) is 122 cm³/mol. The molecule has 2 aromatic carbocycles. The van der Waals surface area contributed by atoms with Crippen molar-refractivity contribution in [1.82, 2.24) is 4.98 Å². The third-order valence-electron chi connectivity index (χ3n) is 4.48. The van der Waals surface area contributed by atoms with Crippen LogP contribution >= 0.6 is 23.4 Å². The van der Waals surface area contributed by atoms with Gasteiger partial charge in [-0.1, -0.05) is 35.9 Å². The molecule has 0 fully saturated rings. The maximum Gasteiger partial charge on any atom is 0.328 e. The van der Waals surface area contributed by atoms with E-state index in [2.05, 4.69) is 4.98 Å². The van der Waals surface area contributed by atoms with E-state index in [0.717, 1.165) is 27.7 Å². The van der Waals surface area contributed by atoms with Crippen molar-refractivity contribution in [3.63, 3.8) is 0 Å². The molecule has 0 aliphatic carbocycles. The van der Waals surface area contributed by atoms with Gasteiger partial charge in [-0.25, -0.2) is 9.18 Å². The molecule has 1 aromatic heterocycles. The lowest BCUT2D eigenvalue weighted by molar-refractivity contribution is -0.131. The molecule has 0 amide bonds. The van der Waals surface area contributed by atoms with E-state index < -0.39 is 5.97 Å². The van der Waals surface area contributed by atoms with E-state index in [4.69, 9.17) is 21.4 Å². The van der Waals surface area contributed by atoms with Crippen LogP contribution in [-0.4, -0.2) is 22.7 Å². The summed E-state index contributed by atoms with van der Waals surface area (Å²) in [6.07, 6.45) is 4.66. The van der Waals surface area contributed by atoms with Crippen molar-refractivity contribution < 1.29 is 19.0 Å². The van der Waals surface area contributed by atoms with Crippen molar-refractivity contribution in [2.75, 3.05) is 6.61 Å². The van der Waals surface area contributed by atoms with Crippen molar-refractivity contribution in [3.8, 4) is 5.75 Å². The number of carboxylic acid groups (broad SMARTS) is 1. The molecule has 0 aliphatic heterocycles. The van der Waals surface area contributed by atoms with E-state index in [1.165, 1.54) is 18.2 Å². The molecule has 0 saturated heterocycles. The van der Waals surface area contributed by atoms with Gasteiger partial charge in [0.15, 0.2) is 0 Å². The Labute approximate surface area is 189 Å². The van der Waals surface area contributed by atoms with Gasteiger partial charge in [0.05, 0.1) is 11.6 Å². The number of nitrogens with zero attached hydrogens (tertiary/aromatic N) is 1. The molecule has 0 saturated carbocycles. The number of aliphatic carboxylic acids is 1. The first kappa shape index (κ1) is 22.8. The summed E-state index contributed by atoms with van der Waals surface area (Å²) in [5, 5.41) is 9.67. The van der Waals surface area contributed by atoms with Crippen molar-refractivity contribution in [1.29, 1.82) is 0 Å². The molecule has 7 heteroatoms. The van der Waals surface area contributed by atoms with Crippen LogP contribution < -0.4 is 4.74 Å². The number of benzene rings is 2. The fourth-order valence-corrected chi connectivity index (χ4v) is 4.34. The topological polar surface area (TPSA) is 59.4 Å². The van der Waals surface area contributed by atoms with Gasteiger partial charge < -0.3 is 9.84 Å². The first-order chi connectivity index (χ1) is 14.9. The maximum absolute atomic E-state index is 13.1. The van der Waals surface area contributed by atoms with Gasteiger partial charge in [-0.3, -0.25) is 4.98 Å². The lowest BCUT2D eigenvalue weighted by Crippen LogP contribution is -2.06. The van der Waals surface area contributed by atoms with E-state index in [0.29, 0.717) is 35.2 Å². The average molecular weight is 458 g/mol. The highest BCUT2D eigenvalue weighted by Gasteiger charge is 2.13. The zero-order chi connectivity index (χ0) is 22.2. The minimum Gasteiger partial charge on any atom is -0.491 e. The number of ether oxygens (including phenoxy) is 1. The lowest BCUT2D eigenvalue weighted by atomic mass is 10.1. The second kappa shape index (κ2) is 11.0. The van der Waals surface area contributed by atoms with Gasteiger partial charge in [0.1, 0.15) is 17.3 Å². The largest absolute Gasteiger partial charge is 0.491 e. The van der Waals surface area contributed by atoms with Crippen LogP contribution in [-0.2, 0) is 17.0 Å². The summed E-state index contributed by atoms with van der Waals surface area (Å²) in [5.74, 6) is -0.246. The monoisotopic (exact) mass is 457 g/mol. The number of halogens is 2. The molecule has 0 spiro atoms. The first-order valence-corrected chi connectivity index (χ1v) is 10.9. The summed E-state index contributed by atoms with van der Waals surface area (Å²) >= 11 is 7.93. The summed E-state index contributed by atoms with van der Waals surface area (Å²) in [6, 6.07) is 13.9. The zero-order valence-corrected chi connectivity index (χ0v) is 18.4. The first-order valence-electron chi connectivity index (χ1n) is 9.58. The van der Waals surface area contributed by atoms with Crippen LogP contribution in [0.2, 0.25) is 5.02 Å². The number of hydrogen-bond donors (Lipinski definition) is 1. The van der Waals surface area contributed by atoms with Crippen LogP contribution in [0, 0.1) is 12.7 Å². The summed E-state index contributed by atoms with van der Waals surface area (Å²) in [4.78, 5) is 16.2. The minimum absolute atomic E-state index is 0.285. The van der Waals surface area contributed by atoms with Crippen molar-refractivity contribution in [2.24, 2.45) is 0 Å². The highest BCUT2D eigenvalue weighted by molar-refractivity contribution is 7.98. The third kappa shape index (κ3) is 6.57. The molecule has 1 N–H and O–H groups in total. The highest BCUT2D eigenvalue weighted by atomic mass is 35.5. The summed E-state index contributed by atoms with van der Waals surface area (Å²) in [6.45, 7) is 2.34. The van der Waals surface area contributed by atoms with Gasteiger partial charge >= 0.3 is 5.97 Å². The van der Waals surface area contributed by atoms with Crippen molar-refractivity contribution in [2.45, 2.75) is 24.0 Å².